The number of halogens is 4. The van der Waals surface area contributed by atoms with Gasteiger partial charge in [0.05, 0.1) is 9.50 Å². The summed E-state index contributed by atoms with van der Waals surface area (Å²) in [4.78, 5) is 16.6. The Bertz CT molecular complexity index is 913. The molecule has 0 amide bonds. The fraction of sp³-hybridized carbons (Fsp3) is 0. The number of hydrogen-bond acceptors (Lipinski definition) is 3. The quantitative estimate of drug-likeness (QED) is 0.361. The minimum atomic E-state index is -0.886. The number of aromatic nitrogens is 1. The van der Waals surface area contributed by atoms with E-state index in [-0.39, 0.29) is 16.3 Å². The Labute approximate surface area is 152 Å². The summed E-state index contributed by atoms with van der Waals surface area (Å²) in [6, 6.07) is 9.31. The second kappa shape index (κ2) is 6.55. The first-order chi connectivity index (χ1) is 11.0. The highest BCUT2D eigenvalue weighted by Crippen LogP contribution is 2.38. The van der Waals surface area contributed by atoms with Crippen LogP contribution in [0, 0.1) is 5.82 Å². The lowest BCUT2D eigenvalue weighted by Gasteiger charge is -2.11. The Morgan fingerprint density at radius 2 is 1.96 bits per heavy atom. The zero-order valence-corrected chi connectivity index (χ0v) is 15.2. The van der Waals surface area contributed by atoms with Gasteiger partial charge >= 0.3 is 5.97 Å². The molecule has 23 heavy (non-hydrogen) atoms. The number of esters is 1. The zero-order chi connectivity index (χ0) is 16.6. The molecule has 1 heterocycles. The number of fused-ring (bicyclic) bond motifs is 1. The zero-order valence-electron chi connectivity index (χ0n) is 11.3. The van der Waals surface area contributed by atoms with Gasteiger partial charge in [0, 0.05) is 16.1 Å². The first-order valence-electron chi connectivity index (χ1n) is 6.38. The van der Waals surface area contributed by atoms with Crippen LogP contribution in [0.15, 0.2) is 51.5 Å². The van der Waals surface area contributed by atoms with Gasteiger partial charge in [0.1, 0.15) is 16.9 Å². The van der Waals surface area contributed by atoms with E-state index in [4.69, 9.17) is 16.3 Å². The van der Waals surface area contributed by atoms with Crippen molar-refractivity contribution in [3.8, 4) is 5.75 Å². The Morgan fingerprint density at radius 3 is 2.70 bits per heavy atom. The predicted molar refractivity (Wildman–Crippen MR) is 93.5 cm³/mol. The Balaban J connectivity index is 2.10. The van der Waals surface area contributed by atoms with Crippen molar-refractivity contribution < 1.29 is 13.9 Å². The van der Waals surface area contributed by atoms with Gasteiger partial charge in [-0.05, 0) is 40.2 Å². The van der Waals surface area contributed by atoms with E-state index in [2.05, 4.69) is 36.8 Å². The van der Waals surface area contributed by atoms with Crippen molar-refractivity contribution in [3.63, 3.8) is 0 Å². The number of benzene rings is 2. The third kappa shape index (κ3) is 3.11. The molecule has 0 atom stereocenters. The number of nitrogens with zero attached hydrogens (tertiary/aromatic N) is 1. The van der Waals surface area contributed by atoms with Gasteiger partial charge in [-0.2, -0.15) is 0 Å². The average Bonchev–Trinajstić information content (AvgIpc) is 2.51. The minimum absolute atomic E-state index is 0.0134. The molecular formula is C16H7Br2ClFNO2. The lowest BCUT2D eigenvalue weighted by Crippen LogP contribution is -2.12. The van der Waals surface area contributed by atoms with Crippen LogP contribution in [-0.2, 0) is 0 Å². The Kier molecular flexibility index (Phi) is 4.66. The number of carbonyl (C=O) groups excluding carboxylic acids is 1. The van der Waals surface area contributed by atoms with E-state index in [1.807, 2.05) is 6.07 Å². The van der Waals surface area contributed by atoms with Crippen LogP contribution in [0.4, 0.5) is 4.39 Å². The summed E-state index contributed by atoms with van der Waals surface area (Å²) in [5, 5.41) is 0.749. The smallest absolute Gasteiger partial charge is 0.348 e. The van der Waals surface area contributed by atoms with Gasteiger partial charge in [-0.3, -0.25) is 4.98 Å². The third-order valence-electron chi connectivity index (χ3n) is 3.11. The summed E-state index contributed by atoms with van der Waals surface area (Å²) >= 11 is 12.7. The molecule has 116 valence electrons. The molecule has 1 aromatic heterocycles. The van der Waals surface area contributed by atoms with Gasteiger partial charge in [-0.15, -0.1) is 0 Å². The van der Waals surface area contributed by atoms with E-state index in [1.54, 1.807) is 18.3 Å². The van der Waals surface area contributed by atoms with E-state index in [9.17, 15) is 9.18 Å². The maximum absolute atomic E-state index is 13.9. The van der Waals surface area contributed by atoms with Crippen molar-refractivity contribution in [2.45, 2.75) is 0 Å². The lowest BCUT2D eigenvalue weighted by molar-refractivity contribution is 0.0731. The van der Waals surface area contributed by atoms with Crippen LogP contribution in [0.25, 0.3) is 10.9 Å². The molecule has 0 bridgehead atoms. The van der Waals surface area contributed by atoms with Crippen molar-refractivity contribution in [2.75, 3.05) is 0 Å². The van der Waals surface area contributed by atoms with Gasteiger partial charge < -0.3 is 4.74 Å². The number of rotatable bonds is 2. The van der Waals surface area contributed by atoms with Crippen LogP contribution in [0.1, 0.15) is 10.4 Å². The van der Waals surface area contributed by atoms with Crippen LogP contribution in [-0.4, -0.2) is 11.0 Å². The normalized spacial score (nSPS) is 10.8. The van der Waals surface area contributed by atoms with Crippen LogP contribution in [0.3, 0.4) is 0 Å². The van der Waals surface area contributed by atoms with E-state index >= 15 is 0 Å². The molecule has 0 saturated heterocycles. The first kappa shape index (κ1) is 16.4. The Hall–Kier alpha value is -1.50. The number of hydrogen-bond donors (Lipinski definition) is 0. The fourth-order valence-electron chi connectivity index (χ4n) is 2.08. The van der Waals surface area contributed by atoms with Crippen molar-refractivity contribution >= 4 is 60.3 Å². The fourth-order valence-corrected chi connectivity index (χ4v) is 3.67. The largest absolute Gasteiger partial charge is 0.419 e. The summed E-state index contributed by atoms with van der Waals surface area (Å²) in [6.45, 7) is 0. The summed E-state index contributed by atoms with van der Waals surface area (Å²) < 4.78 is 20.5. The molecule has 0 aliphatic carbocycles. The monoisotopic (exact) mass is 457 g/mol. The summed E-state index contributed by atoms with van der Waals surface area (Å²) in [7, 11) is 0. The highest BCUT2D eigenvalue weighted by Gasteiger charge is 2.21. The molecule has 3 aromatic rings. The second-order valence-corrected chi connectivity index (χ2v) is 6.67. The predicted octanol–water partition coefficient (Wildman–Crippen LogP) is 5.77. The summed E-state index contributed by atoms with van der Waals surface area (Å²) in [5.74, 6) is -1.43. The van der Waals surface area contributed by atoms with Crippen molar-refractivity contribution in [1.29, 1.82) is 0 Å². The topological polar surface area (TPSA) is 39.2 Å². The van der Waals surface area contributed by atoms with Gasteiger partial charge in [0.15, 0.2) is 5.75 Å². The number of carbonyl (C=O) groups is 1. The molecule has 0 saturated carbocycles. The molecule has 0 unspecified atom stereocenters. The van der Waals surface area contributed by atoms with E-state index < -0.39 is 11.8 Å². The van der Waals surface area contributed by atoms with E-state index in [0.29, 0.717) is 9.99 Å². The van der Waals surface area contributed by atoms with E-state index in [1.165, 1.54) is 12.1 Å². The van der Waals surface area contributed by atoms with Gasteiger partial charge in [0.25, 0.3) is 0 Å². The first-order valence-corrected chi connectivity index (χ1v) is 8.34. The van der Waals surface area contributed by atoms with Crippen molar-refractivity contribution in [2.24, 2.45) is 0 Å². The lowest BCUT2D eigenvalue weighted by atomic mass is 10.2. The maximum atomic E-state index is 13.9. The maximum Gasteiger partial charge on any atom is 0.348 e. The molecule has 0 N–H and O–H groups in total. The second-order valence-electron chi connectivity index (χ2n) is 4.56. The van der Waals surface area contributed by atoms with Gasteiger partial charge in [-0.25, -0.2) is 9.18 Å². The summed E-state index contributed by atoms with van der Waals surface area (Å²) in [5.41, 5.74) is 0.155. The van der Waals surface area contributed by atoms with Crippen LogP contribution in [0.5, 0.6) is 5.75 Å². The molecule has 0 aliphatic rings. The third-order valence-corrected chi connectivity index (χ3v) is 4.67. The average molecular weight is 459 g/mol. The molecular weight excluding hydrogens is 452 g/mol. The molecule has 2 aromatic carbocycles. The van der Waals surface area contributed by atoms with Crippen LogP contribution in [0.2, 0.25) is 5.02 Å². The van der Waals surface area contributed by atoms with Crippen LogP contribution >= 0.6 is 43.5 Å². The summed E-state index contributed by atoms with van der Waals surface area (Å²) in [6.07, 6.45) is 1.58. The number of ether oxygens (including phenoxy) is 1. The standard InChI is InChI=1S/C16H7Br2ClFNO2/c17-9-7-10(18)15(14-8(9)3-2-6-21-14)23-16(22)13-11(19)4-1-5-12(13)20/h1-7H. The molecule has 7 heteroatoms. The minimum Gasteiger partial charge on any atom is -0.419 e. The molecule has 0 radical (unpaired) electrons. The van der Waals surface area contributed by atoms with E-state index in [0.717, 1.165) is 15.9 Å². The molecule has 0 fully saturated rings. The highest BCUT2D eigenvalue weighted by atomic mass is 79.9. The van der Waals surface area contributed by atoms with Crippen LogP contribution < -0.4 is 4.74 Å². The van der Waals surface area contributed by atoms with Crippen molar-refractivity contribution in [3.05, 3.63) is 67.9 Å². The molecule has 3 nitrogen and oxygen atoms in total. The molecule has 0 spiro atoms. The number of pyridine rings is 1. The highest BCUT2D eigenvalue weighted by molar-refractivity contribution is 9.11. The van der Waals surface area contributed by atoms with Gasteiger partial charge in [0.2, 0.25) is 0 Å². The SMILES string of the molecule is O=C(Oc1c(Br)cc(Br)c2cccnc12)c1c(F)cccc1Cl. The van der Waals surface area contributed by atoms with Crippen molar-refractivity contribution in [1.82, 2.24) is 4.98 Å². The van der Waals surface area contributed by atoms with Gasteiger partial charge in [-0.1, -0.05) is 39.7 Å². The molecule has 0 aliphatic heterocycles. The Morgan fingerprint density at radius 1 is 1.17 bits per heavy atom. The molecule has 3 rings (SSSR count).